The molecule has 0 spiro atoms. The SMILES string of the molecule is CC(=O)N(C)[C@H]1CC[C@@H](NC(=O)Nc2ccc3c(cnn3C)c2)[C@H](CN(C)CCCc2ccccc2)C1. The van der Waals surface area contributed by atoms with E-state index >= 15 is 0 Å². The number of amides is 3. The molecule has 1 heterocycles. The molecule has 3 amide bonds. The topological polar surface area (TPSA) is 82.5 Å². The maximum absolute atomic E-state index is 13.0. The Hall–Kier alpha value is -3.39. The molecule has 37 heavy (non-hydrogen) atoms. The summed E-state index contributed by atoms with van der Waals surface area (Å²) >= 11 is 0. The van der Waals surface area contributed by atoms with Gasteiger partial charge in [-0.2, -0.15) is 5.10 Å². The second kappa shape index (κ2) is 12.2. The van der Waals surface area contributed by atoms with Crippen molar-refractivity contribution in [1.82, 2.24) is 24.9 Å². The summed E-state index contributed by atoms with van der Waals surface area (Å²) in [5.74, 6) is 0.351. The van der Waals surface area contributed by atoms with Gasteiger partial charge in [0, 0.05) is 50.7 Å². The highest BCUT2D eigenvalue weighted by atomic mass is 16.2. The molecular formula is C29H40N6O2. The molecule has 0 unspecified atom stereocenters. The fourth-order valence-corrected chi connectivity index (χ4v) is 5.51. The lowest BCUT2D eigenvalue weighted by Gasteiger charge is -2.41. The van der Waals surface area contributed by atoms with Crippen LogP contribution in [0.15, 0.2) is 54.7 Å². The van der Waals surface area contributed by atoms with Crippen molar-refractivity contribution in [1.29, 1.82) is 0 Å². The maximum Gasteiger partial charge on any atom is 0.319 e. The Kier molecular flexibility index (Phi) is 8.82. The van der Waals surface area contributed by atoms with Gasteiger partial charge in [-0.15, -0.1) is 0 Å². The largest absolute Gasteiger partial charge is 0.343 e. The van der Waals surface area contributed by atoms with Crippen molar-refractivity contribution in [3.05, 3.63) is 60.3 Å². The van der Waals surface area contributed by atoms with Crippen molar-refractivity contribution in [2.45, 2.75) is 51.1 Å². The van der Waals surface area contributed by atoms with Crippen molar-refractivity contribution in [3.63, 3.8) is 0 Å². The van der Waals surface area contributed by atoms with Crippen LogP contribution in [0.4, 0.5) is 10.5 Å². The molecule has 3 aromatic rings. The minimum absolute atomic E-state index is 0.0512. The molecule has 0 radical (unpaired) electrons. The van der Waals surface area contributed by atoms with Crippen molar-refractivity contribution in [3.8, 4) is 0 Å². The van der Waals surface area contributed by atoms with Gasteiger partial charge in [-0.25, -0.2) is 4.79 Å². The molecule has 0 aliphatic heterocycles. The second-order valence-corrected chi connectivity index (χ2v) is 10.5. The van der Waals surface area contributed by atoms with Gasteiger partial charge in [-0.05, 0) is 75.4 Å². The predicted molar refractivity (Wildman–Crippen MR) is 148 cm³/mol. The van der Waals surface area contributed by atoms with E-state index in [9.17, 15) is 9.59 Å². The first-order valence-electron chi connectivity index (χ1n) is 13.3. The summed E-state index contributed by atoms with van der Waals surface area (Å²) in [7, 11) is 5.95. The van der Waals surface area contributed by atoms with E-state index in [1.165, 1.54) is 5.56 Å². The van der Waals surface area contributed by atoms with Gasteiger partial charge in [0.05, 0.1) is 11.7 Å². The maximum atomic E-state index is 13.0. The summed E-state index contributed by atoms with van der Waals surface area (Å²) in [6.45, 7) is 3.49. The molecule has 1 aliphatic rings. The zero-order chi connectivity index (χ0) is 26.4. The van der Waals surface area contributed by atoms with Gasteiger partial charge >= 0.3 is 6.03 Å². The molecule has 2 aromatic carbocycles. The van der Waals surface area contributed by atoms with E-state index in [0.717, 1.165) is 61.8 Å². The lowest BCUT2D eigenvalue weighted by molar-refractivity contribution is -0.130. The number of benzene rings is 2. The Bertz CT molecular complexity index is 1190. The third kappa shape index (κ3) is 7.10. The first kappa shape index (κ1) is 26.7. The second-order valence-electron chi connectivity index (χ2n) is 10.5. The van der Waals surface area contributed by atoms with E-state index in [-0.39, 0.29) is 29.9 Å². The molecule has 1 fully saturated rings. The Morgan fingerprint density at radius 1 is 1.11 bits per heavy atom. The summed E-state index contributed by atoms with van der Waals surface area (Å²) in [6, 6.07) is 16.4. The third-order valence-electron chi connectivity index (χ3n) is 7.71. The molecule has 198 valence electrons. The van der Waals surface area contributed by atoms with Gasteiger partial charge in [0.25, 0.3) is 0 Å². The molecule has 0 bridgehead atoms. The summed E-state index contributed by atoms with van der Waals surface area (Å²) in [5.41, 5.74) is 3.13. The van der Waals surface area contributed by atoms with Crippen LogP contribution in [0.1, 0.15) is 38.2 Å². The Balaban J connectivity index is 1.36. The molecule has 2 N–H and O–H groups in total. The number of carbonyl (C=O) groups is 2. The molecule has 0 saturated heterocycles. The number of aryl methyl sites for hydroxylation is 2. The number of nitrogens with zero attached hydrogens (tertiary/aromatic N) is 4. The summed E-state index contributed by atoms with van der Waals surface area (Å²) < 4.78 is 1.82. The average Bonchev–Trinajstić information content (AvgIpc) is 3.25. The lowest BCUT2D eigenvalue weighted by atomic mass is 9.80. The molecule has 1 aliphatic carbocycles. The standard InChI is InChI=1S/C29H40N6O2/c1-21(36)34(3)26-13-14-27(24(18-26)20-33(2)16-8-11-22-9-6-5-7-10-22)32-29(37)31-25-12-15-28-23(17-25)19-30-35(28)4/h5-7,9-10,12,15,17,19,24,26-27H,8,11,13-14,16,18,20H2,1-4H3,(H2,31,32,37)/t24-,26-,27+/m0/s1. The van der Waals surface area contributed by atoms with E-state index in [4.69, 9.17) is 0 Å². The van der Waals surface area contributed by atoms with Crippen LogP contribution in [-0.4, -0.2) is 70.8 Å². The van der Waals surface area contributed by atoms with E-state index < -0.39 is 0 Å². The monoisotopic (exact) mass is 504 g/mol. The predicted octanol–water partition coefficient (Wildman–Crippen LogP) is 4.28. The number of carbonyl (C=O) groups excluding carboxylic acids is 2. The normalized spacial score (nSPS) is 19.6. The van der Waals surface area contributed by atoms with Gasteiger partial charge in [0.15, 0.2) is 0 Å². The summed E-state index contributed by atoms with van der Waals surface area (Å²) in [5, 5.41) is 11.5. The molecular weight excluding hydrogens is 464 g/mol. The number of rotatable bonds is 9. The molecule has 1 aromatic heterocycles. The smallest absolute Gasteiger partial charge is 0.319 e. The Labute approximate surface area is 220 Å². The number of urea groups is 1. The average molecular weight is 505 g/mol. The van der Waals surface area contributed by atoms with E-state index in [2.05, 4.69) is 51.9 Å². The van der Waals surface area contributed by atoms with Crippen LogP contribution >= 0.6 is 0 Å². The summed E-state index contributed by atoms with van der Waals surface area (Å²) in [6.07, 6.45) is 6.55. The van der Waals surface area contributed by atoms with E-state index in [0.29, 0.717) is 0 Å². The lowest BCUT2D eigenvalue weighted by Crippen LogP contribution is -2.52. The number of fused-ring (bicyclic) bond motifs is 1. The zero-order valence-corrected chi connectivity index (χ0v) is 22.5. The van der Waals surface area contributed by atoms with Gasteiger partial charge in [0.1, 0.15) is 0 Å². The van der Waals surface area contributed by atoms with Crippen molar-refractivity contribution < 1.29 is 9.59 Å². The number of anilines is 1. The van der Waals surface area contributed by atoms with Crippen LogP contribution in [0.5, 0.6) is 0 Å². The highest BCUT2D eigenvalue weighted by molar-refractivity contribution is 5.92. The molecule has 1 saturated carbocycles. The van der Waals surface area contributed by atoms with E-state index in [1.54, 1.807) is 13.1 Å². The van der Waals surface area contributed by atoms with Crippen LogP contribution in [0, 0.1) is 5.92 Å². The minimum atomic E-state index is -0.191. The van der Waals surface area contributed by atoms with Gasteiger partial charge in [-0.1, -0.05) is 30.3 Å². The first-order valence-corrected chi connectivity index (χ1v) is 13.3. The number of nitrogens with one attached hydrogen (secondary N) is 2. The molecule has 4 rings (SSSR count). The molecule has 8 heteroatoms. The van der Waals surface area contributed by atoms with Gasteiger partial charge < -0.3 is 20.4 Å². The quantitative estimate of drug-likeness (QED) is 0.456. The zero-order valence-electron chi connectivity index (χ0n) is 22.5. The van der Waals surface area contributed by atoms with Crippen LogP contribution < -0.4 is 10.6 Å². The fourth-order valence-electron chi connectivity index (χ4n) is 5.51. The van der Waals surface area contributed by atoms with Crippen LogP contribution in [0.25, 0.3) is 10.9 Å². The van der Waals surface area contributed by atoms with Crippen molar-refractivity contribution >= 4 is 28.5 Å². The minimum Gasteiger partial charge on any atom is -0.343 e. The fraction of sp³-hybridized carbons (Fsp3) is 0.483. The highest BCUT2D eigenvalue weighted by Crippen LogP contribution is 2.29. The van der Waals surface area contributed by atoms with Gasteiger partial charge in [0.2, 0.25) is 5.91 Å². The van der Waals surface area contributed by atoms with Crippen LogP contribution in [0.3, 0.4) is 0 Å². The Morgan fingerprint density at radius 2 is 1.89 bits per heavy atom. The van der Waals surface area contributed by atoms with Gasteiger partial charge in [-0.3, -0.25) is 9.48 Å². The van der Waals surface area contributed by atoms with Crippen molar-refractivity contribution in [2.24, 2.45) is 13.0 Å². The molecule has 3 atom stereocenters. The number of aromatic nitrogens is 2. The van der Waals surface area contributed by atoms with Crippen LogP contribution in [-0.2, 0) is 18.3 Å². The first-order chi connectivity index (χ1) is 17.8. The summed E-state index contributed by atoms with van der Waals surface area (Å²) in [4.78, 5) is 29.3. The van der Waals surface area contributed by atoms with Crippen LogP contribution in [0.2, 0.25) is 0 Å². The Morgan fingerprint density at radius 3 is 2.65 bits per heavy atom. The number of hydrogen-bond donors (Lipinski definition) is 2. The molecule has 8 nitrogen and oxygen atoms in total. The number of hydrogen-bond acceptors (Lipinski definition) is 4. The highest BCUT2D eigenvalue weighted by Gasteiger charge is 2.34. The third-order valence-corrected chi connectivity index (χ3v) is 7.71. The van der Waals surface area contributed by atoms with Crippen molar-refractivity contribution in [2.75, 3.05) is 32.5 Å². The van der Waals surface area contributed by atoms with E-state index in [1.807, 2.05) is 47.9 Å².